The van der Waals surface area contributed by atoms with Crippen LogP contribution < -0.4 is 15.4 Å². The van der Waals surface area contributed by atoms with Gasteiger partial charge >= 0.3 is 0 Å². The zero-order valence-electron chi connectivity index (χ0n) is 17.0. The van der Waals surface area contributed by atoms with Crippen molar-refractivity contribution in [3.05, 3.63) is 69.7 Å². The zero-order valence-corrected chi connectivity index (χ0v) is 17.8. The van der Waals surface area contributed by atoms with Gasteiger partial charge in [-0.15, -0.1) is 10.2 Å². The summed E-state index contributed by atoms with van der Waals surface area (Å²) in [5.74, 6) is 0.258. The van der Waals surface area contributed by atoms with Crippen LogP contribution in [-0.4, -0.2) is 28.6 Å². The normalized spacial score (nSPS) is 10.5. The predicted molar refractivity (Wildman–Crippen MR) is 117 cm³/mol. The first-order chi connectivity index (χ1) is 14.5. The van der Waals surface area contributed by atoms with Gasteiger partial charge in [0.05, 0.1) is 6.61 Å². The summed E-state index contributed by atoms with van der Waals surface area (Å²) in [6, 6.07) is 14.4. The van der Waals surface area contributed by atoms with E-state index in [0.29, 0.717) is 29.4 Å². The van der Waals surface area contributed by atoms with E-state index in [1.54, 1.807) is 31.2 Å². The highest BCUT2D eigenvalue weighted by Crippen LogP contribution is 2.15. The first kappa shape index (κ1) is 21.4. The van der Waals surface area contributed by atoms with Crippen molar-refractivity contribution < 1.29 is 14.3 Å². The summed E-state index contributed by atoms with van der Waals surface area (Å²) in [6.45, 7) is 5.01. The van der Waals surface area contributed by atoms with E-state index < -0.39 is 0 Å². The maximum atomic E-state index is 12.5. The third kappa shape index (κ3) is 6.12. The molecule has 0 aliphatic heterocycles. The lowest BCUT2D eigenvalue weighted by Crippen LogP contribution is -2.23. The molecule has 1 aromatic heterocycles. The molecule has 8 heteroatoms. The highest BCUT2D eigenvalue weighted by molar-refractivity contribution is 7.13. The van der Waals surface area contributed by atoms with Crippen molar-refractivity contribution >= 4 is 28.8 Å². The number of anilines is 1. The number of amides is 2. The molecule has 0 bridgehead atoms. The number of nitrogens with one attached hydrogen (secondary N) is 2. The van der Waals surface area contributed by atoms with E-state index in [-0.39, 0.29) is 16.8 Å². The van der Waals surface area contributed by atoms with E-state index in [1.807, 2.05) is 24.3 Å². The van der Waals surface area contributed by atoms with E-state index in [2.05, 4.69) is 27.8 Å². The Balaban J connectivity index is 1.54. The summed E-state index contributed by atoms with van der Waals surface area (Å²) in [7, 11) is 0. The molecule has 2 N–H and O–H groups in total. The quantitative estimate of drug-likeness (QED) is 0.502. The molecule has 0 saturated heterocycles. The van der Waals surface area contributed by atoms with Gasteiger partial charge in [0.15, 0.2) is 0 Å². The van der Waals surface area contributed by atoms with Gasteiger partial charge in [-0.05, 0) is 49.2 Å². The van der Waals surface area contributed by atoms with Crippen LogP contribution in [0.15, 0.2) is 48.5 Å². The van der Waals surface area contributed by atoms with Crippen molar-refractivity contribution in [1.29, 1.82) is 0 Å². The van der Waals surface area contributed by atoms with Crippen molar-refractivity contribution in [1.82, 2.24) is 15.5 Å². The third-order valence-corrected chi connectivity index (χ3v) is 5.08. The lowest BCUT2D eigenvalue weighted by Gasteiger charge is -2.09. The molecule has 0 spiro atoms. The van der Waals surface area contributed by atoms with Crippen LogP contribution in [0.1, 0.15) is 50.5 Å². The number of aromatic nitrogens is 2. The molecule has 3 rings (SSSR count). The molecule has 1 heterocycles. The van der Waals surface area contributed by atoms with Gasteiger partial charge in [0.1, 0.15) is 10.8 Å². The number of aryl methyl sites for hydroxylation is 1. The second-order valence-electron chi connectivity index (χ2n) is 6.69. The molecule has 0 unspecified atom stereocenters. The fraction of sp³-hybridized carbons (Fsp3) is 0.273. The van der Waals surface area contributed by atoms with Gasteiger partial charge in [-0.3, -0.25) is 9.59 Å². The Labute approximate surface area is 179 Å². The smallest absolute Gasteiger partial charge is 0.286 e. The third-order valence-electron chi connectivity index (χ3n) is 4.25. The molecule has 156 valence electrons. The molecule has 0 aliphatic rings. The number of ether oxygens (including phenoxy) is 1. The lowest BCUT2D eigenvalue weighted by molar-refractivity contribution is 0.0949. The summed E-state index contributed by atoms with van der Waals surface area (Å²) < 4.78 is 5.64. The van der Waals surface area contributed by atoms with Crippen LogP contribution in [0.5, 0.6) is 5.75 Å². The zero-order chi connectivity index (χ0) is 21.3. The fourth-order valence-electron chi connectivity index (χ4n) is 2.63. The Morgan fingerprint density at radius 1 is 1.07 bits per heavy atom. The lowest BCUT2D eigenvalue weighted by atomic mass is 10.1. The van der Waals surface area contributed by atoms with Gasteiger partial charge in [-0.1, -0.05) is 42.9 Å². The molecular weight excluding hydrogens is 400 g/mol. The Hall–Kier alpha value is -3.26. The molecule has 0 atom stereocenters. The number of rotatable bonds is 9. The molecule has 0 radical (unpaired) electrons. The van der Waals surface area contributed by atoms with Crippen LogP contribution in [0.3, 0.4) is 0 Å². The number of hydrogen-bond acceptors (Lipinski definition) is 6. The maximum absolute atomic E-state index is 12.5. The van der Waals surface area contributed by atoms with E-state index in [0.717, 1.165) is 24.2 Å². The van der Waals surface area contributed by atoms with Crippen LogP contribution in [0.25, 0.3) is 0 Å². The average molecular weight is 425 g/mol. The largest absolute Gasteiger partial charge is 0.494 e. The van der Waals surface area contributed by atoms with Gasteiger partial charge in [0.25, 0.3) is 11.8 Å². The molecule has 0 saturated carbocycles. The summed E-state index contributed by atoms with van der Waals surface area (Å²) in [4.78, 5) is 24.7. The Morgan fingerprint density at radius 2 is 1.87 bits per heavy atom. The fourth-order valence-corrected chi connectivity index (χ4v) is 3.22. The SMILES string of the molecule is CCCCOc1ccc(CNC(=O)c2cccc(NC(=O)c3nnc(C)s3)c2)cc1. The number of carbonyl (C=O) groups is 2. The monoisotopic (exact) mass is 424 g/mol. The van der Waals surface area contributed by atoms with Gasteiger partial charge in [-0.25, -0.2) is 0 Å². The summed E-state index contributed by atoms with van der Waals surface area (Å²) in [5.41, 5.74) is 1.96. The molecule has 30 heavy (non-hydrogen) atoms. The van der Waals surface area contributed by atoms with Crippen molar-refractivity contribution in [2.24, 2.45) is 0 Å². The Kier molecular flexibility index (Phi) is 7.51. The van der Waals surface area contributed by atoms with Crippen molar-refractivity contribution in [2.45, 2.75) is 33.2 Å². The van der Waals surface area contributed by atoms with Gasteiger partial charge in [-0.2, -0.15) is 0 Å². The molecule has 2 amide bonds. The first-order valence-electron chi connectivity index (χ1n) is 9.76. The standard InChI is InChI=1S/C22H24N4O3S/c1-3-4-12-29-19-10-8-16(9-11-19)14-23-20(27)17-6-5-7-18(13-17)24-21(28)22-26-25-15(2)30-22/h5-11,13H,3-4,12,14H2,1-2H3,(H,23,27)(H,24,28). The summed E-state index contributed by atoms with van der Waals surface area (Å²) in [5, 5.41) is 14.3. The minimum atomic E-state index is -0.348. The van der Waals surface area contributed by atoms with E-state index in [4.69, 9.17) is 4.74 Å². The van der Waals surface area contributed by atoms with E-state index in [9.17, 15) is 9.59 Å². The van der Waals surface area contributed by atoms with Crippen molar-refractivity contribution in [3.8, 4) is 5.75 Å². The summed E-state index contributed by atoms with van der Waals surface area (Å²) >= 11 is 1.22. The van der Waals surface area contributed by atoms with Crippen LogP contribution >= 0.6 is 11.3 Å². The maximum Gasteiger partial charge on any atom is 0.286 e. The number of benzene rings is 2. The van der Waals surface area contributed by atoms with Gasteiger partial charge in [0.2, 0.25) is 5.01 Å². The van der Waals surface area contributed by atoms with Gasteiger partial charge in [0, 0.05) is 17.8 Å². The van der Waals surface area contributed by atoms with Crippen molar-refractivity contribution in [3.63, 3.8) is 0 Å². The molecule has 3 aromatic rings. The highest BCUT2D eigenvalue weighted by atomic mass is 32.1. The van der Waals surface area contributed by atoms with Crippen LogP contribution in [-0.2, 0) is 6.54 Å². The van der Waals surface area contributed by atoms with Gasteiger partial charge < -0.3 is 15.4 Å². The molecule has 0 aliphatic carbocycles. The summed E-state index contributed by atoms with van der Waals surface area (Å²) in [6.07, 6.45) is 2.12. The molecular formula is C22H24N4O3S. The number of hydrogen-bond donors (Lipinski definition) is 2. The first-order valence-corrected chi connectivity index (χ1v) is 10.6. The van der Waals surface area contributed by atoms with Crippen LogP contribution in [0, 0.1) is 6.92 Å². The average Bonchev–Trinajstić information content (AvgIpc) is 3.20. The minimum Gasteiger partial charge on any atom is -0.494 e. The topological polar surface area (TPSA) is 93.2 Å². The Bertz CT molecular complexity index is 1000. The van der Waals surface area contributed by atoms with E-state index in [1.165, 1.54) is 11.3 Å². The number of nitrogens with zero attached hydrogens (tertiary/aromatic N) is 2. The van der Waals surface area contributed by atoms with Crippen LogP contribution in [0.4, 0.5) is 5.69 Å². The predicted octanol–water partition coefficient (Wildman–Crippen LogP) is 4.21. The molecule has 7 nitrogen and oxygen atoms in total. The molecule has 0 fully saturated rings. The minimum absolute atomic E-state index is 0.221. The number of carbonyl (C=O) groups excluding carboxylic acids is 2. The van der Waals surface area contributed by atoms with Crippen molar-refractivity contribution in [2.75, 3.05) is 11.9 Å². The second-order valence-corrected chi connectivity index (χ2v) is 7.87. The highest BCUT2D eigenvalue weighted by Gasteiger charge is 2.13. The van der Waals surface area contributed by atoms with E-state index >= 15 is 0 Å². The Morgan fingerprint density at radius 3 is 2.57 bits per heavy atom. The second kappa shape index (κ2) is 10.5. The number of unbranched alkanes of at least 4 members (excludes halogenated alkanes) is 1. The van der Waals surface area contributed by atoms with Crippen LogP contribution in [0.2, 0.25) is 0 Å². The molecule has 2 aromatic carbocycles.